The summed E-state index contributed by atoms with van der Waals surface area (Å²) in [6.45, 7) is 1.60. The number of rotatable bonds is 1. The Morgan fingerprint density at radius 1 is 1.67 bits per heavy atom. The predicted molar refractivity (Wildman–Crippen MR) is 29.1 cm³/mol. The largest absolute Gasteiger partial charge is 0.349 e. The molecule has 5 heteroatoms. The van der Waals surface area contributed by atoms with E-state index in [9.17, 15) is 9.59 Å². The Labute approximate surface area is 52.1 Å². The van der Waals surface area contributed by atoms with Crippen LogP contribution in [0.3, 0.4) is 0 Å². The van der Waals surface area contributed by atoms with Gasteiger partial charge in [0.15, 0.2) is 0 Å². The average Bonchev–Trinajstić information content (AvgIpc) is 1.83. The first-order valence-corrected chi connectivity index (χ1v) is 2.42. The van der Waals surface area contributed by atoms with Crippen molar-refractivity contribution in [3.8, 4) is 0 Å². The molecular weight excluding hydrogens is 124 g/mol. The van der Waals surface area contributed by atoms with E-state index in [1.807, 2.05) is 0 Å². The van der Waals surface area contributed by atoms with Crippen LogP contribution in [0.5, 0.6) is 0 Å². The Bertz CT molecular complexity index is 123. The Balaban J connectivity index is 3.28. The van der Waals surface area contributed by atoms with E-state index in [0.717, 1.165) is 0 Å². The fourth-order valence-electron chi connectivity index (χ4n) is 0.179. The van der Waals surface area contributed by atoms with Gasteiger partial charge in [-0.1, -0.05) is 6.92 Å². The highest BCUT2D eigenvalue weighted by Gasteiger charge is 1.97. The molecule has 0 aliphatic heterocycles. The van der Waals surface area contributed by atoms with Crippen molar-refractivity contribution in [3.63, 3.8) is 0 Å². The van der Waals surface area contributed by atoms with Crippen LogP contribution < -0.4 is 11.2 Å². The molecule has 0 aliphatic carbocycles. The van der Waals surface area contributed by atoms with Crippen LogP contribution in [0, 0.1) is 0 Å². The lowest BCUT2D eigenvalue weighted by Gasteiger charge is -1.98. The first-order chi connectivity index (χ1) is 4.16. The number of urea groups is 1. The second-order valence-electron chi connectivity index (χ2n) is 1.29. The third kappa shape index (κ3) is 4.60. The number of nitrogens with two attached hydrogens (primary N) is 1. The van der Waals surface area contributed by atoms with Crippen molar-refractivity contribution in [3.05, 3.63) is 0 Å². The molecule has 0 saturated carbocycles. The van der Waals surface area contributed by atoms with Crippen molar-refractivity contribution < 1.29 is 14.4 Å². The van der Waals surface area contributed by atoms with Gasteiger partial charge in [0.2, 0.25) is 0 Å². The second kappa shape index (κ2) is 3.71. The Morgan fingerprint density at radius 2 is 2.22 bits per heavy atom. The molecule has 0 aromatic rings. The monoisotopic (exact) mass is 132 g/mol. The molecule has 0 saturated heterocycles. The predicted octanol–water partition coefficient (Wildman–Crippen LogP) is -0.477. The van der Waals surface area contributed by atoms with E-state index < -0.39 is 12.0 Å². The number of carbonyl (C=O) groups is 2. The lowest BCUT2D eigenvalue weighted by atomic mass is 10.5. The minimum absolute atomic E-state index is 0.209. The van der Waals surface area contributed by atoms with Crippen molar-refractivity contribution in [1.82, 2.24) is 5.48 Å². The van der Waals surface area contributed by atoms with Crippen molar-refractivity contribution in [2.45, 2.75) is 13.3 Å². The number of primary amides is 1. The maximum atomic E-state index is 10.2. The summed E-state index contributed by atoms with van der Waals surface area (Å²) in [5.74, 6) is -0.520. The van der Waals surface area contributed by atoms with E-state index in [4.69, 9.17) is 0 Å². The van der Waals surface area contributed by atoms with Gasteiger partial charge in [-0.25, -0.2) is 9.59 Å². The van der Waals surface area contributed by atoms with Gasteiger partial charge in [0.25, 0.3) is 0 Å². The van der Waals surface area contributed by atoms with Crippen LogP contribution in [-0.4, -0.2) is 12.0 Å². The summed E-state index contributed by atoms with van der Waals surface area (Å²) in [5.41, 5.74) is 6.25. The number of hydrogen-bond acceptors (Lipinski definition) is 3. The Hall–Kier alpha value is -1.26. The van der Waals surface area contributed by atoms with Gasteiger partial charge in [-0.05, 0) is 0 Å². The summed E-state index contributed by atoms with van der Waals surface area (Å²) in [6, 6.07) is -0.878. The molecule has 9 heavy (non-hydrogen) atoms. The number of carbonyl (C=O) groups excluding carboxylic acids is 2. The average molecular weight is 132 g/mol. The quantitative estimate of drug-likeness (QED) is 0.473. The normalized spacial score (nSPS) is 8.11. The zero-order chi connectivity index (χ0) is 7.28. The summed E-state index contributed by atoms with van der Waals surface area (Å²) in [5, 5.41) is 0. The van der Waals surface area contributed by atoms with Crippen LogP contribution in [0.15, 0.2) is 0 Å². The van der Waals surface area contributed by atoms with E-state index in [0.29, 0.717) is 0 Å². The number of hydrogen-bond donors (Lipinski definition) is 2. The van der Waals surface area contributed by atoms with E-state index in [1.54, 1.807) is 12.4 Å². The molecule has 3 N–H and O–H groups in total. The van der Waals surface area contributed by atoms with Gasteiger partial charge in [-0.3, -0.25) is 0 Å². The summed E-state index contributed by atoms with van der Waals surface area (Å²) < 4.78 is 0. The second-order valence-corrected chi connectivity index (χ2v) is 1.29. The van der Waals surface area contributed by atoms with Crippen molar-refractivity contribution >= 4 is 12.0 Å². The molecule has 52 valence electrons. The van der Waals surface area contributed by atoms with Gasteiger partial charge in [-0.2, -0.15) is 5.48 Å². The first kappa shape index (κ1) is 7.74. The zero-order valence-electron chi connectivity index (χ0n) is 5.01. The molecule has 0 radical (unpaired) electrons. The van der Waals surface area contributed by atoms with Gasteiger partial charge in [0.1, 0.15) is 0 Å². The molecule has 0 heterocycles. The highest BCUT2D eigenvalue weighted by Crippen LogP contribution is 1.77. The fraction of sp³-hybridized carbons (Fsp3) is 0.500. The molecule has 0 fully saturated rings. The van der Waals surface area contributed by atoms with Crippen LogP contribution in [0.4, 0.5) is 4.79 Å². The number of hydroxylamine groups is 1. The van der Waals surface area contributed by atoms with Crippen molar-refractivity contribution in [2.75, 3.05) is 0 Å². The highest BCUT2D eigenvalue weighted by molar-refractivity contribution is 5.74. The molecule has 0 aromatic heterocycles. The molecule has 0 aromatic carbocycles. The number of nitrogens with one attached hydrogen (secondary N) is 1. The maximum Gasteiger partial charge on any atom is 0.345 e. The van der Waals surface area contributed by atoms with E-state index in [1.165, 1.54) is 0 Å². The minimum atomic E-state index is -0.878. The number of amides is 2. The molecule has 0 bridgehead atoms. The summed E-state index contributed by atoms with van der Waals surface area (Å²) in [6.07, 6.45) is 0.209. The van der Waals surface area contributed by atoms with Crippen LogP contribution in [-0.2, 0) is 9.63 Å². The first-order valence-electron chi connectivity index (χ1n) is 2.42. The zero-order valence-corrected chi connectivity index (χ0v) is 5.01. The van der Waals surface area contributed by atoms with E-state index in [-0.39, 0.29) is 6.42 Å². The van der Waals surface area contributed by atoms with Gasteiger partial charge in [0.05, 0.1) is 0 Å². The van der Waals surface area contributed by atoms with Gasteiger partial charge >= 0.3 is 12.0 Å². The molecule has 0 spiro atoms. The maximum absolute atomic E-state index is 10.2. The molecule has 2 amide bonds. The summed E-state index contributed by atoms with van der Waals surface area (Å²) in [7, 11) is 0. The van der Waals surface area contributed by atoms with Gasteiger partial charge < -0.3 is 10.6 Å². The summed E-state index contributed by atoms with van der Waals surface area (Å²) >= 11 is 0. The highest BCUT2D eigenvalue weighted by atomic mass is 16.7. The van der Waals surface area contributed by atoms with Gasteiger partial charge in [0, 0.05) is 6.42 Å². The fourth-order valence-corrected chi connectivity index (χ4v) is 0.179. The Kier molecular flexibility index (Phi) is 3.19. The lowest BCUT2D eigenvalue weighted by molar-refractivity contribution is -0.148. The smallest absolute Gasteiger partial charge is 0.345 e. The van der Waals surface area contributed by atoms with Crippen LogP contribution in [0.1, 0.15) is 13.3 Å². The topological polar surface area (TPSA) is 81.4 Å². The molecular formula is C4H8N2O3. The molecule has 0 atom stereocenters. The van der Waals surface area contributed by atoms with Crippen LogP contribution in [0.25, 0.3) is 0 Å². The lowest BCUT2D eigenvalue weighted by Crippen LogP contribution is -2.31. The third-order valence-electron chi connectivity index (χ3n) is 0.554. The van der Waals surface area contributed by atoms with Gasteiger partial charge in [-0.15, -0.1) is 0 Å². The van der Waals surface area contributed by atoms with Crippen LogP contribution in [0.2, 0.25) is 0 Å². The summed E-state index contributed by atoms with van der Waals surface area (Å²) in [4.78, 5) is 24.2. The third-order valence-corrected chi connectivity index (χ3v) is 0.554. The van der Waals surface area contributed by atoms with E-state index in [2.05, 4.69) is 10.6 Å². The molecule has 0 rings (SSSR count). The van der Waals surface area contributed by atoms with Crippen molar-refractivity contribution in [2.24, 2.45) is 5.73 Å². The minimum Gasteiger partial charge on any atom is -0.349 e. The molecule has 5 nitrogen and oxygen atoms in total. The molecule has 0 unspecified atom stereocenters. The van der Waals surface area contributed by atoms with Crippen LogP contribution >= 0.6 is 0 Å². The Morgan fingerprint density at radius 3 is 2.56 bits per heavy atom. The SMILES string of the molecule is CCC(=O)ONC(N)=O. The van der Waals surface area contributed by atoms with Crippen molar-refractivity contribution in [1.29, 1.82) is 0 Å². The molecule has 0 aliphatic rings. The van der Waals surface area contributed by atoms with E-state index >= 15 is 0 Å². The standard InChI is InChI=1S/C4H8N2O3/c1-2-3(7)9-6-4(5)8/h2H2,1H3,(H3,5,6,8).